The van der Waals surface area contributed by atoms with Gasteiger partial charge in [-0.2, -0.15) is 0 Å². The predicted octanol–water partition coefficient (Wildman–Crippen LogP) is 1.59. The molecule has 0 spiro atoms. The van der Waals surface area contributed by atoms with Crippen molar-refractivity contribution in [3.8, 4) is 0 Å². The van der Waals surface area contributed by atoms with Crippen LogP contribution in [0.4, 0.5) is 0 Å². The molecule has 0 aliphatic carbocycles. The first kappa shape index (κ1) is 11.3. The van der Waals surface area contributed by atoms with Crippen LogP contribution in [0.3, 0.4) is 0 Å². The second kappa shape index (κ2) is 3.68. The van der Waals surface area contributed by atoms with Crippen LogP contribution in [0.5, 0.6) is 0 Å². The lowest BCUT2D eigenvalue weighted by atomic mass is 9.94. The quantitative estimate of drug-likeness (QED) is 0.768. The Morgan fingerprint density at radius 2 is 1.94 bits per heavy atom. The Hall–Kier alpha value is -1.19. The monoisotopic (exact) mass is 219 g/mol. The third kappa shape index (κ3) is 2.01. The summed E-state index contributed by atoms with van der Waals surface area (Å²) in [5, 5.41) is 9.68. The molecule has 1 aromatic rings. The molecular weight excluding hydrogens is 202 g/mol. The minimum Gasteiger partial charge on any atom is -0.382 e. The molecule has 0 fully saturated rings. The number of ketones is 1. The fourth-order valence-electron chi connectivity index (χ4n) is 2.06. The Kier molecular flexibility index (Phi) is 2.60. The fourth-order valence-corrected chi connectivity index (χ4v) is 2.06. The molecular formula is C13H17NO2. The average Bonchev–Trinajstić information content (AvgIpc) is 2.54. The van der Waals surface area contributed by atoms with Crippen molar-refractivity contribution in [3.63, 3.8) is 0 Å². The zero-order valence-corrected chi connectivity index (χ0v) is 9.95. The minimum absolute atomic E-state index is 0.218. The Labute approximate surface area is 95.7 Å². The number of carbonyl (C=O) groups is 1. The number of fused-ring (bicyclic) bond motifs is 1. The Bertz CT molecular complexity index is 432. The highest BCUT2D eigenvalue weighted by molar-refractivity contribution is 6.01. The zero-order valence-electron chi connectivity index (χ0n) is 9.95. The van der Waals surface area contributed by atoms with Crippen LogP contribution in [-0.2, 0) is 13.1 Å². The van der Waals surface area contributed by atoms with Gasteiger partial charge in [0.25, 0.3) is 0 Å². The number of hydrogen-bond donors (Lipinski definition) is 1. The summed E-state index contributed by atoms with van der Waals surface area (Å²) >= 11 is 0. The van der Waals surface area contributed by atoms with Gasteiger partial charge in [-0.3, -0.25) is 9.69 Å². The van der Waals surface area contributed by atoms with Gasteiger partial charge in [0.1, 0.15) is 5.60 Å². The number of aliphatic hydroxyl groups is 1. The molecule has 1 heterocycles. The molecule has 0 amide bonds. The van der Waals surface area contributed by atoms with Crippen molar-refractivity contribution in [1.29, 1.82) is 0 Å². The molecule has 86 valence electrons. The van der Waals surface area contributed by atoms with Gasteiger partial charge in [0.15, 0.2) is 5.78 Å². The summed E-state index contributed by atoms with van der Waals surface area (Å²) < 4.78 is 0. The van der Waals surface area contributed by atoms with Gasteiger partial charge in [0, 0.05) is 18.7 Å². The molecule has 2 rings (SSSR count). The molecule has 0 saturated heterocycles. The summed E-state index contributed by atoms with van der Waals surface area (Å²) in [6.45, 7) is 4.86. The first-order valence-electron chi connectivity index (χ1n) is 5.45. The number of hydrogen-bond acceptors (Lipinski definition) is 3. The van der Waals surface area contributed by atoms with Crippen molar-refractivity contribution in [1.82, 2.24) is 4.90 Å². The van der Waals surface area contributed by atoms with Gasteiger partial charge >= 0.3 is 0 Å². The lowest BCUT2D eigenvalue weighted by Crippen LogP contribution is -2.31. The number of Topliss-reactive ketones (excluding diaryl/α,β-unsaturated/α-hetero) is 1. The predicted molar refractivity (Wildman–Crippen MR) is 62.2 cm³/mol. The van der Waals surface area contributed by atoms with Crippen LogP contribution in [0.2, 0.25) is 0 Å². The highest BCUT2D eigenvalue weighted by atomic mass is 16.3. The first-order chi connectivity index (χ1) is 7.38. The largest absolute Gasteiger partial charge is 0.382 e. The van der Waals surface area contributed by atoms with E-state index in [1.54, 1.807) is 6.07 Å². The Morgan fingerprint density at radius 3 is 2.56 bits per heavy atom. The SMILES string of the molecule is CN1Cc2ccc(C(=O)C(C)(C)O)cc2C1. The lowest BCUT2D eigenvalue weighted by molar-refractivity contribution is 0.0488. The van der Waals surface area contributed by atoms with Gasteiger partial charge in [0.2, 0.25) is 0 Å². The number of nitrogens with zero attached hydrogens (tertiary/aromatic N) is 1. The zero-order chi connectivity index (χ0) is 11.9. The molecule has 0 unspecified atom stereocenters. The summed E-state index contributed by atoms with van der Waals surface area (Å²) in [4.78, 5) is 14.1. The van der Waals surface area contributed by atoms with Gasteiger partial charge in [-0.25, -0.2) is 0 Å². The van der Waals surface area contributed by atoms with Crippen LogP contribution >= 0.6 is 0 Å². The standard InChI is InChI=1S/C13H17NO2/c1-13(2,16)12(15)9-4-5-10-7-14(3)8-11(10)6-9/h4-6,16H,7-8H2,1-3H3. The van der Waals surface area contributed by atoms with E-state index in [0.717, 1.165) is 13.1 Å². The van der Waals surface area contributed by atoms with Crippen LogP contribution in [0.1, 0.15) is 35.3 Å². The molecule has 0 bridgehead atoms. The third-order valence-corrected chi connectivity index (χ3v) is 2.90. The average molecular weight is 219 g/mol. The van der Waals surface area contributed by atoms with E-state index in [1.807, 2.05) is 12.1 Å². The molecule has 0 aromatic heterocycles. The first-order valence-corrected chi connectivity index (χ1v) is 5.45. The molecule has 0 radical (unpaired) electrons. The topological polar surface area (TPSA) is 40.5 Å². The van der Waals surface area contributed by atoms with Crippen molar-refractivity contribution in [2.24, 2.45) is 0 Å². The summed E-state index contributed by atoms with van der Waals surface area (Å²) in [5.74, 6) is -0.218. The second-order valence-electron chi connectivity index (χ2n) is 5.04. The maximum absolute atomic E-state index is 11.9. The molecule has 16 heavy (non-hydrogen) atoms. The summed E-state index contributed by atoms with van der Waals surface area (Å²) in [6.07, 6.45) is 0. The second-order valence-corrected chi connectivity index (χ2v) is 5.04. The molecule has 1 N–H and O–H groups in total. The highest BCUT2D eigenvalue weighted by Crippen LogP contribution is 2.24. The van der Waals surface area contributed by atoms with E-state index in [4.69, 9.17) is 0 Å². The lowest BCUT2D eigenvalue weighted by Gasteiger charge is -2.15. The van der Waals surface area contributed by atoms with Crippen molar-refractivity contribution in [2.75, 3.05) is 7.05 Å². The van der Waals surface area contributed by atoms with Gasteiger partial charge in [-0.15, -0.1) is 0 Å². The normalized spacial score (nSPS) is 16.2. The van der Waals surface area contributed by atoms with E-state index < -0.39 is 5.60 Å². The van der Waals surface area contributed by atoms with E-state index in [-0.39, 0.29) is 5.78 Å². The Morgan fingerprint density at radius 1 is 1.31 bits per heavy atom. The summed E-state index contributed by atoms with van der Waals surface area (Å²) in [6, 6.07) is 5.69. The van der Waals surface area contributed by atoms with Crippen LogP contribution < -0.4 is 0 Å². The Balaban J connectivity index is 2.33. The van der Waals surface area contributed by atoms with Crippen LogP contribution in [0.25, 0.3) is 0 Å². The van der Waals surface area contributed by atoms with Crippen LogP contribution in [0, 0.1) is 0 Å². The molecule has 1 aliphatic rings. The summed E-state index contributed by atoms with van der Waals surface area (Å²) in [5.41, 5.74) is 1.77. The fraction of sp³-hybridized carbons (Fsp3) is 0.462. The van der Waals surface area contributed by atoms with Gasteiger partial charge in [-0.1, -0.05) is 12.1 Å². The molecule has 1 aromatic carbocycles. The molecule has 3 nitrogen and oxygen atoms in total. The highest BCUT2D eigenvalue weighted by Gasteiger charge is 2.26. The number of benzene rings is 1. The van der Waals surface area contributed by atoms with Gasteiger partial charge in [-0.05, 0) is 38.1 Å². The molecule has 1 aliphatic heterocycles. The molecule has 0 atom stereocenters. The van der Waals surface area contributed by atoms with Gasteiger partial charge in [0.05, 0.1) is 0 Å². The molecule has 0 saturated carbocycles. The minimum atomic E-state index is -1.29. The molecule has 3 heteroatoms. The van der Waals surface area contributed by atoms with Gasteiger partial charge < -0.3 is 5.11 Å². The van der Waals surface area contributed by atoms with Crippen molar-refractivity contribution >= 4 is 5.78 Å². The van der Waals surface area contributed by atoms with Crippen molar-refractivity contribution < 1.29 is 9.90 Å². The smallest absolute Gasteiger partial charge is 0.193 e. The van der Waals surface area contributed by atoms with E-state index in [9.17, 15) is 9.90 Å². The number of rotatable bonds is 2. The third-order valence-electron chi connectivity index (χ3n) is 2.90. The van der Waals surface area contributed by atoms with E-state index in [0.29, 0.717) is 5.56 Å². The maximum Gasteiger partial charge on any atom is 0.193 e. The maximum atomic E-state index is 11.9. The number of carbonyl (C=O) groups excluding carboxylic acids is 1. The van der Waals surface area contributed by atoms with Crippen LogP contribution in [0.15, 0.2) is 18.2 Å². The van der Waals surface area contributed by atoms with Crippen LogP contribution in [-0.4, -0.2) is 28.4 Å². The van der Waals surface area contributed by atoms with Crippen molar-refractivity contribution in [2.45, 2.75) is 32.5 Å². The van der Waals surface area contributed by atoms with E-state index in [1.165, 1.54) is 25.0 Å². The summed E-state index contributed by atoms with van der Waals surface area (Å²) in [7, 11) is 2.05. The van der Waals surface area contributed by atoms with E-state index in [2.05, 4.69) is 11.9 Å². The van der Waals surface area contributed by atoms with Crippen molar-refractivity contribution in [3.05, 3.63) is 34.9 Å². The van der Waals surface area contributed by atoms with E-state index >= 15 is 0 Å².